The van der Waals surface area contributed by atoms with Gasteiger partial charge in [0.1, 0.15) is 0 Å². The van der Waals surface area contributed by atoms with Crippen molar-refractivity contribution < 1.29 is 9.53 Å². The number of primary amides is 1. The Morgan fingerprint density at radius 1 is 1.64 bits per heavy atom. The van der Waals surface area contributed by atoms with Gasteiger partial charge in [-0.2, -0.15) is 0 Å². The van der Waals surface area contributed by atoms with Crippen LogP contribution in [0.5, 0.6) is 0 Å². The van der Waals surface area contributed by atoms with Crippen LogP contribution < -0.4 is 11.5 Å². The van der Waals surface area contributed by atoms with E-state index in [1.807, 2.05) is 6.92 Å². The third kappa shape index (κ3) is 5.82. The van der Waals surface area contributed by atoms with Crippen LogP contribution in [0, 0.1) is 0 Å². The van der Waals surface area contributed by atoms with Crippen molar-refractivity contribution in [3.05, 3.63) is 0 Å². The molecule has 0 bridgehead atoms. The first-order valence-electron chi connectivity index (χ1n) is 3.81. The molecule has 4 heteroatoms. The maximum Gasteiger partial charge on any atom is 0.234 e. The smallest absolute Gasteiger partial charge is 0.234 e. The van der Waals surface area contributed by atoms with Gasteiger partial charge in [0.15, 0.2) is 0 Å². The van der Waals surface area contributed by atoms with Crippen molar-refractivity contribution in [3.8, 4) is 0 Å². The Balaban J connectivity index is 3.17. The van der Waals surface area contributed by atoms with Gasteiger partial charge in [-0.3, -0.25) is 4.79 Å². The molecule has 0 saturated carbocycles. The minimum atomic E-state index is -0.518. The molecule has 0 aromatic heterocycles. The summed E-state index contributed by atoms with van der Waals surface area (Å²) in [4.78, 5) is 10.4. The molecule has 0 aliphatic heterocycles. The minimum Gasteiger partial charge on any atom is -0.382 e. The fourth-order valence-electron chi connectivity index (χ4n) is 0.692. The molecule has 4 nitrogen and oxygen atoms in total. The summed E-state index contributed by atoms with van der Waals surface area (Å²) in [6, 6.07) is -0.518. The van der Waals surface area contributed by atoms with Crippen molar-refractivity contribution in [1.82, 2.24) is 0 Å². The summed E-state index contributed by atoms with van der Waals surface area (Å²) in [6.07, 6.45) is 1.40. The second-order valence-electron chi connectivity index (χ2n) is 2.35. The van der Waals surface area contributed by atoms with E-state index in [-0.39, 0.29) is 0 Å². The van der Waals surface area contributed by atoms with Gasteiger partial charge in [-0.1, -0.05) is 0 Å². The SMILES string of the molecule is CCOCCCC(N)C(N)=O. The summed E-state index contributed by atoms with van der Waals surface area (Å²) in [5, 5.41) is 0. The number of nitrogens with two attached hydrogens (primary N) is 2. The molecule has 0 saturated heterocycles. The average Bonchev–Trinajstić information content (AvgIpc) is 1.97. The van der Waals surface area contributed by atoms with Crippen molar-refractivity contribution in [1.29, 1.82) is 0 Å². The lowest BCUT2D eigenvalue weighted by Crippen LogP contribution is -2.36. The Morgan fingerprint density at radius 2 is 2.27 bits per heavy atom. The van der Waals surface area contributed by atoms with E-state index in [1.165, 1.54) is 0 Å². The highest BCUT2D eigenvalue weighted by Crippen LogP contribution is 1.93. The number of amides is 1. The van der Waals surface area contributed by atoms with Crippen LogP contribution in [0.3, 0.4) is 0 Å². The monoisotopic (exact) mass is 160 g/mol. The van der Waals surface area contributed by atoms with Crippen LogP contribution >= 0.6 is 0 Å². The summed E-state index contributed by atoms with van der Waals surface area (Å²) in [6.45, 7) is 3.28. The zero-order valence-electron chi connectivity index (χ0n) is 6.88. The van der Waals surface area contributed by atoms with E-state index < -0.39 is 11.9 Å². The zero-order valence-corrected chi connectivity index (χ0v) is 6.88. The van der Waals surface area contributed by atoms with E-state index in [9.17, 15) is 4.79 Å². The van der Waals surface area contributed by atoms with E-state index in [4.69, 9.17) is 16.2 Å². The van der Waals surface area contributed by atoms with E-state index >= 15 is 0 Å². The van der Waals surface area contributed by atoms with Gasteiger partial charge in [0.25, 0.3) is 0 Å². The lowest BCUT2D eigenvalue weighted by atomic mass is 10.2. The number of rotatable bonds is 6. The number of carbonyl (C=O) groups excluding carboxylic acids is 1. The van der Waals surface area contributed by atoms with Gasteiger partial charge in [0.2, 0.25) is 5.91 Å². The maximum atomic E-state index is 10.4. The van der Waals surface area contributed by atoms with Crippen LogP contribution in [-0.2, 0) is 9.53 Å². The van der Waals surface area contributed by atoms with Gasteiger partial charge in [-0.25, -0.2) is 0 Å². The highest BCUT2D eigenvalue weighted by atomic mass is 16.5. The number of hydrogen-bond acceptors (Lipinski definition) is 3. The van der Waals surface area contributed by atoms with Crippen molar-refractivity contribution in [2.24, 2.45) is 11.5 Å². The molecule has 11 heavy (non-hydrogen) atoms. The predicted octanol–water partition coefficient (Wildman–Crippen LogP) is -0.384. The topological polar surface area (TPSA) is 78.3 Å². The first-order valence-corrected chi connectivity index (χ1v) is 3.81. The Labute approximate surface area is 66.9 Å². The maximum absolute atomic E-state index is 10.4. The Kier molecular flexibility index (Phi) is 5.78. The first-order chi connectivity index (χ1) is 5.18. The number of carbonyl (C=O) groups is 1. The fraction of sp³-hybridized carbons (Fsp3) is 0.857. The minimum absolute atomic E-state index is 0.443. The molecule has 0 fully saturated rings. The summed E-state index contributed by atoms with van der Waals surface area (Å²) in [5.41, 5.74) is 10.3. The molecular weight excluding hydrogens is 144 g/mol. The number of ether oxygens (including phenoxy) is 1. The average molecular weight is 160 g/mol. The highest BCUT2D eigenvalue weighted by molar-refractivity contribution is 5.79. The molecule has 0 heterocycles. The number of hydrogen-bond donors (Lipinski definition) is 2. The van der Waals surface area contributed by atoms with Gasteiger partial charge in [0.05, 0.1) is 6.04 Å². The molecule has 0 aliphatic rings. The van der Waals surface area contributed by atoms with Crippen LogP contribution in [0.15, 0.2) is 0 Å². The van der Waals surface area contributed by atoms with E-state index in [2.05, 4.69) is 0 Å². The molecule has 0 spiro atoms. The molecule has 1 unspecified atom stereocenters. The second kappa shape index (κ2) is 6.12. The normalized spacial score (nSPS) is 12.9. The third-order valence-corrected chi connectivity index (χ3v) is 1.37. The lowest BCUT2D eigenvalue weighted by molar-refractivity contribution is -0.119. The molecular formula is C7H16N2O2. The largest absolute Gasteiger partial charge is 0.382 e. The summed E-state index contributed by atoms with van der Waals surface area (Å²) < 4.78 is 5.06. The summed E-state index contributed by atoms with van der Waals surface area (Å²) >= 11 is 0. The Bertz CT molecular complexity index is 117. The lowest BCUT2D eigenvalue weighted by Gasteiger charge is -2.05. The van der Waals surface area contributed by atoms with Gasteiger partial charge in [-0.05, 0) is 19.8 Å². The Morgan fingerprint density at radius 3 is 2.73 bits per heavy atom. The van der Waals surface area contributed by atoms with Crippen LogP contribution in [0.1, 0.15) is 19.8 Å². The molecule has 0 aromatic rings. The van der Waals surface area contributed by atoms with Gasteiger partial charge < -0.3 is 16.2 Å². The van der Waals surface area contributed by atoms with E-state index in [0.717, 1.165) is 6.42 Å². The van der Waals surface area contributed by atoms with E-state index in [0.29, 0.717) is 19.6 Å². The molecule has 0 aliphatic carbocycles. The summed E-state index contributed by atoms with van der Waals surface area (Å²) in [5.74, 6) is -0.443. The van der Waals surface area contributed by atoms with Crippen molar-refractivity contribution >= 4 is 5.91 Å². The van der Waals surface area contributed by atoms with Crippen molar-refractivity contribution in [2.75, 3.05) is 13.2 Å². The molecule has 1 atom stereocenters. The fourth-order valence-corrected chi connectivity index (χ4v) is 0.692. The standard InChI is InChI=1S/C7H16N2O2/c1-2-11-5-3-4-6(8)7(9)10/h6H,2-5,8H2,1H3,(H2,9,10). The van der Waals surface area contributed by atoms with Crippen LogP contribution in [0.4, 0.5) is 0 Å². The highest BCUT2D eigenvalue weighted by Gasteiger charge is 2.07. The molecule has 66 valence electrons. The molecule has 1 amide bonds. The van der Waals surface area contributed by atoms with Crippen LogP contribution in [-0.4, -0.2) is 25.2 Å². The second-order valence-corrected chi connectivity index (χ2v) is 2.35. The molecule has 0 rings (SSSR count). The summed E-state index contributed by atoms with van der Waals surface area (Å²) in [7, 11) is 0. The predicted molar refractivity (Wildman–Crippen MR) is 42.9 cm³/mol. The quantitative estimate of drug-likeness (QED) is 0.520. The zero-order chi connectivity index (χ0) is 8.69. The van der Waals surface area contributed by atoms with Gasteiger partial charge in [0, 0.05) is 13.2 Å². The third-order valence-electron chi connectivity index (χ3n) is 1.37. The van der Waals surface area contributed by atoms with Crippen LogP contribution in [0.25, 0.3) is 0 Å². The van der Waals surface area contributed by atoms with Gasteiger partial charge >= 0.3 is 0 Å². The van der Waals surface area contributed by atoms with E-state index in [1.54, 1.807) is 0 Å². The molecule has 0 radical (unpaired) electrons. The van der Waals surface area contributed by atoms with Crippen molar-refractivity contribution in [2.45, 2.75) is 25.8 Å². The molecule has 4 N–H and O–H groups in total. The van der Waals surface area contributed by atoms with Crippen molar-refractivity contribution in [3.63, 3.8) is 0 Å². The molecule has 0 aromatic carbocycles. The van der Waals surface area contributed by atoms with Gasteiger partial charge in [-0.15, -0.1) is 0 Å². The Hall–Kier alpha value is -0.610. The van der Waals surface area contributed by atoms with Crippen LogP contribution in [0.2, 0.25) is 0 Å². The first kappa shape index (κ1) is 10.4.